The Kier molecular flexibility index (Phi) is 5.67. The maximum absolute atomic E-state index is 5.78. The second kappa shape index (κ2) is 5.09. The van der Waals surface area contributed by atoms with Crippen molar-refractivity contribution >= 4 is 36.4 Å². The van der Waals surface area contributed by atoms with Crippen LogP contribution in [0, 0.1) is 0 Å². The molecule has 0 saturated heterocycles. The molecule has 69 valence electrons. The first kappa shape index (κ1) is 12.3. The van der Waals surface area contributed by atoms with Crippen LogP contribution in [0.5, 0.6) is 0 Å². The number of hydrogen-bond donors (Lipinski definition) is 0. The van der Waals surface area contributed by atoms with E-state index in [2.05, 4.69) is 36.8 Å². The van der Waals surface area contributed by atoms with E-state index >= 15 is 0 Å². The van der Waals surface area contributed by atoms with Crippen LogP contribution in [0.2, 0.25) is 13.1 Å². The summed E-state index contributed by atoms with van der Waals surface area (Å²) in [5.41, 5.74) is 0. The Morgan fingerprint density at radius 2 is 1.73 bits per heavy atom. The van der Waals surface area contributed by atoms with Crippen molar-refractivity contribution in [1.29, 1.82) is 0 Å². The van der Waals surface area contributed by atoms with Crippen LogP contribution in [0.1, 0.15) is 13.8 Å². The molecule has 1 nitrogen and oxygen atoms in total. The summed E-state index contributed by atoms with van der Waals surface area (Å²) < 4.78 is 5.78. The zero-order valence-corrected chi connectivity index (χ0v) is 12.2. The molecule has 0 aromatic heterocycles. The molecule has 0 aromatic rings. The third-order valence-corrected chi connectivity index (χ3v) is 7.66. The Morgan fingerprint density at radius 1 is 1.27 bits per heavy atom. The molecule has 0 aromatic carbocycles. The Morgan fingerprint density at radius 3 is 2.00 bits per heavy atom. The molecule has 4 heteroatoms. The Labute approximate surface area is 82.3 Å². The molecule has 0 aliphatic carbocycles. The van der Waals surface area contributed by atoms with Gasteiger partial charge in [-0.1, -0.05) is 0 Å². The predicted octanol–water partition coefficient (Wildman–Crippen LogP) is 3.40. The number of alkyl halides is 2. The monoisotopic (exact) mass is 305 g/mol. The van der Waals surface area contributed by atoms with Gasteiger partial charge in [0.05, 0.1) is 0 Å². The number of halogens is 1. The van der Waals surface area contributed by atoms with Gasteiger partial charge in [-0.05, 0) is 0 Å². The second-order valence-electron chi connectivity index (χ2n) is 3.34. The summed E-state index contributed by atoms with van der Waals surface area (Å²) in [6.07, 6.45) is 0. The summed E-state index contributed by atoms with van der Waals surface area (Å²) in [4.78, 5) is 4.62. The summed E-state index contributed by atoms with van der Waals surface area (Å²) in [5, 5.41) is 0.136. The first-order valence-electron chi connectivity index (χ1n) is 3.53. The van der Waals surface area contributed by atoms with E-state index in [0.29, 0.717) is 0 Å². The zero-order valence-electron chi connectivity index (χ0n) is 8.19. The third kappa shape index (κ3) is 5.49. The van der Waals surface area contributed by atoms with Crippen molar-refractivity contribution in [3.63, 3.8) is 0 Å². The van der Waals surface area contributed by atoms with Crippen molar-refractivity contribution in [1.82, 2.24) is 0 Å². The average Bonchev–Trinajstić information content (AvgIpc) is 1.84. The molecular weight excluding hydrogens is 287 g/mol. The molecule has 0 aliphatic heterocycles. The van der Waals surface area contributed by atoms with E-state index in [0.717, 1.165) is 0 Å². The summed E-state index contributed by atoms with van der Waals surface area (Å²) in [5.74, 6) is 0. The van der Waals surface area contributed by atoms with Gasteiger partial charge in [-0.25, -0.2) is 0 Å². The van der Waals surface area contributed by atoms with Crippen LogP contribution >= 0.6 is 27.6 Å². The van der Waals surface area contributed by atoms with E-state index < -0.39 is 18.4 Å². The topological polar surface area (TPSA) is 9.23 Å². The molecule has 0 aliphatic rings. The third-order valence-electron chi connectivity index (χ3n) is 1.57. The number of rotatable bonds is 4. The van der Waals surface area contributed by atoms with Gasteiger partial charge in [0.15, 0.2) is 0 Å². The Balaban J connectivity index is 3.73. The van der Waals surface area contributed by atoms with Gasteiger partial charge < -0.3 is 0 Å². The van der Waals surface area contributed by atoms with Gasteiger partial charge in [0.25, 0.3) is 0 Å². The minimum absolute atomic E-state index is 0.136. The molecule has 0 fully saturated rings. The van der Waals surface area contributed by atoms with Crippen LogP contribution in [0.3, 0.4) is 0 Å². The molecule has 0 unspecified atom stereocenters. The van der Waals surface area contributed by atoms with Crippen LogP contribution in [0.15, 0.2) is 0 Å². The van der Waals surface area contributed by atoms with Crippen LogP contribution in [-0.2, 0) is 4.18 Å². The fourth-order valence-electron chi connectivity index (χ4n) is 0.225. The summed E-state index contributed by atoms with van der Waals surface area (Å²) in [7, 11) is 1.42. The van der Waals surface area contributed by atoms with Crippen LogP contribution in [0.25, 0.3) is 0 Å². The Bertz CT molecular complexity index is 117. The minimum atomic E-state index is -0.750. The van der Waals surface area contributed by atoms with Crippen molar-refractivity contribution < 1.29 is 4.18 Å². The molecule has 11 heavy (non-hydrogen) atoms. The molecule has 0 bridgehead atoms. The first-order chi connectivity index (χ1) is 4.86. The Hall–Kier alpha value is 1.26. The van der Waals surface area contributed by atoms with E-state index in [1.165, 1.54) is 0 Å². The van der Waals surface area contributed by atoms with Crippen molar-refractivity contribution in [2.75, 3.05) is 9.86 Å². The molecule has 0 atom stereocenters. The molecular formula is C7H18IOSSi. The van der Waals surface area contributed by atoms with Crippen molar-refractivity contribution in [3.8, 4) is 0 Å². The average molecular weight is 305 g/mol. The molecule has 0 N–H and O–H groups in total. The maximum atomic E-state index is 5.78. The van der Waals surface area contributed by atoms with Gasteiger partial charge in [0, 0.05) is 0 Å². The van der Waals surface area contributed by atoms with E-state index in [9.17, 15) is 0 Å². The van der Waals surface area contributed by atoms with Gasteiger partial charge in [-0.2, -0.15) is 0 Å². The van der Waals surface area contributed by atoms with Crippen LogP contribution < -0.4 is 0 Å². The predicted molar refractivity (Wildman–Crippen MR) is 66.1 cm³/mol. The van der Waals surface area contributed by atoms with E-state index in [4.69, 9.17) is 4.18 Å². The van der Waals surface area contributed by atoms with Gasteiger partial charge in [-0.3, -0.25) is 0 Å². The fourth-order valence-corrected chi connectivity index (χ4v) is 4.24. The summed E-state index contributed by atoms with van der Waals surface area (Å²) in [6.45, 7) is 9.01. The van der Waals surface area contributed by atoms with Crippen molar-refractivity contribution in [3.05, 3.63) is 0 Å². The normalized spacial score (nSPS) is 13.9. The zero-order chi connectivity index (χ0) is 9.07. The van der Waals surface area contributed by atoms with Gasteiger partial charge in [0.2, 0.25) is 0 Å². The SMILES string of the molecule is C[Si](C)C(C)(C)OSI(C)C. The quantitative estimate of drug-likeness (QED) is 0.341. The molecule has 0 saturated carbocycles. The number of hydrogen-bond acceptors (Lipinski definition) is 2. The molecule has 0 amide bonds. The van der Waals surface area contributed by atoms with Gasteiger partial charge >= 0.3 is 82.7 Å². The van der Waals surface area contributed by atoms with E-state index in [1.807, 2.05) is 0 Å². The van der Waals surface area contributed by atoms with Gasteiger partial charge in [0.1, 0.15) is 0 Å². The molecule has 0 rings (SSSR count). The standard InChI is InChI=1S/C7H18IOSSi/c1-7(2,11(5)6)9-10-8(3)4/h1-6H3. The van der Waals surface area contributed by atoms with E-state index in [1.54, 1.807) is 9.21 Å². The van der Waals surface area contributed by atoms with E-state index in [-0.39, 0.29) is 14.0 Å². The van der Waals surface area contributed by atoms with Crippen molar-refractivity contribution in [2.24, 2.45) is 0 Å². The van der Waals surface area contributed by atoms with Gasteiger partial charge in [-0.15, -0.1) is 0 Å². The summed E-state index contributed by atoms with van der Waals surface area (Å²) >= 11 is -0.750. The molecule has 1 radical (unpaired) electrons. The van der Waals surface area contributed by atoms with Crippen molar-refractivity contribution in [2.45, 2.75) is 32.2 Å². The van der Waals surface area contributed by atoms with Crippen LogP contribution in [0.4, 0.5) is 0 Å². The molecule has 0 spiro atoms. The fraction of sp³-hybridized carbons (Fsp3) is 1.00. The second-order valence-corrected chi connectivity index (χ2v) is 16.0. The molecule has 0 heterocycles. The first-order valence-corrected chi connectivity index (χ1v) is 13.6. The summed E-state index contributed by atoms with van der Waals surface area (Å²) in [6, 6.07) is 0. The van der Waals surface area contributed by atoms with Crippen LogP contribution in [-0.4, -0.2) is 23.9 Å².